The van der Waals surface area contributed by atoms with Gasteiger partial charge in [0.2, 0.25) is 0 Å². The van der Waals surface area contributed by atoms with Crippen molar-refractivity contribution in [2.24, 2.45) is 0 Å². The predicted molar refractivity (Wildman–Crippen MR) is 137 cm³/mol. The summed E-state index contributed by atoms with van der Waals surface area (Å²) in [6.45, 7) is 7.52. The molecule has 1 saturated heterocycles. The number of ketones is 1. The Bertz CT molecular complexity index is 1260. The van der Waals surface area contributed by atoms with Crippen molar-refractivity contribution in [2.75, 3.05) is 26.3 Å². The van der Waals surface area contributed by atoms with Gasteiger partial charge in [-0.2, -0.15) is 10.4 Å². The number of morpholine rings is 1. The molecule has 0 N–H and O–H groups in total. The molecule has 0 spiro atoms. The van der Waals surface area contributed by atoms with Crippen LogP contribution in [0.4, 0.5) is 0 Å². The van der Waals surface area contributed by atoms with E-state index in [-0.39, 0.29) is 12.2 Å². The Morgan fingerprint density at radius 3 is 2.58 bits per heavy atom. The molecule has 7 nitrogen and oxygen atoms in total. The van der Waals surface area contributed by atoms with E-state index in [0.29, 0.717) is 11.6 Å². The number of aryl methyl sites for hydroxylation is 1. The maximum atomic E-state index is 13.1. The van der Waals surface area contributed by atoms with Gasteiger partial charge in [-0.3, -0.25) is 14.7 Å². The predicted octanol–water partition coefficient (Wildman–Crippen LogP) is 4.35. The van der Waals surface area contributed by atoms with Crippen LogP contribution in [0.3, 0.4) is 0 Å². The molecule has 0 unspecified atom stereocenters. The summed E-state index contributed by atoms with van der Waals surface area (Å²) in [5.74, 6) is 0.0157. The van der Waals surface area contributed by atoms with Crippen LogP contribution >= 0.6 is 0 Å². The molecular weight excluding hydrogens is 450 g/mol. The fourth-order valence-corrected chi connectivity index (χ4v) is 5.62. The van der Waals surface area contributed by atoms with Gasteiger partial charge in [0, 0.05) is 31.7 Å². The van der Waals surface area contributed by atoms with Gasteiger partial charge in [0.1, 0.15) is 0 Å². The quantitative estimate of drug-likeness (QED) is 0.485. The summed E-state index contributed by atoms with van der Waals surface area (Å²) < 4.78 is 7.30. The van der Waals surface area contributed by atoms with E-state index in [9.17, 15) is 10.1 Å². The number of pyridine rings is 1. The SMILES string of the molecule is Cc1cccc(-n2ncc(C(=O)Cc3ccc(C4(C#N)CCC(N5CCOCC5)CC4)nc3)c2C)c1. The van der Waals surface area contributed by atoms with E-state index >= 15 is 0 Å². The summed E-state index contributed by atoms with van der Waals surface area (Å²) >= 11 is 0. The molecule has 2 fully saturated rings. The van der Waals surface area contributed by atoms with Crippen LogP contribution in [0.5, 0.6) is 0 Å². The Hall–Kier alpha value is -3.34. The van der Waals surface area contributed by atoms with E-state index in [2.05, 4.69) is 27.1 Å². The molecule has 2 aromatic heterocycles. The van der Waals surface area contributed by atoms with Crippen LogP contribution in [-0.4, -0.2) is 57.8 Å². The van der Waals surface area contributed by atoms with Crippen LogP contribution in [0.15, 0.2) is 48.8 Å². The molecule has 36 heavy (non-hydrogen) atoms. The number of ether oxygens (including phenoxy) is 1. The van der Waals surface area contributed by atoms with Crippen molar-refractivity contribution in [3.8, 4) is 11.8 Å². The fourth-order valence-electron chi connectivity index (χ4n) is 5.62. The van der Waals surface area contributed by atoms with Gasteiger partial charge in [-0.05, 0) is 68.9 Å². The summed E-state index contributed by atoms with van der Waals surface area (Å²) in [6.07, 6.45) is 7.30. The number of Topliss-reactive ketones (excluding diaryl/α,β-unsaturated/α-hetero) is 1. The molecule has 1 saturated carbocycles. The molecule has 0 bridgehead atoms. The molecular formula is C29H33N5O2. The molecule has 0 amide bonds. The summed E-state index contributed by atoms with van der Waals surface area (Å²) in [5.41, 5.74) is 4.67. The molecule has 2 aliphatic rings. The second-order valence-corrected chi connectivity index (χ2v) is 10.1. The first-order valence-corrected chi connectivity index (χ1v) is 12.8. The third-order valence-electron chi connectivity index (χ3n) is 7.82. The number of carbonyl (C=O) groups excluding carboxylic acids is 1. The summed E-state index contributed by atoms with van der Waals surface area (Å²) in [5, 5.41) is 14.6. The van der Waals surface area contributed by atoms with Crippen molar-refractivity contribution in [2.45, 2.75) is 57.4 Å². The van der Waals surface area contributed by atoms with Crippen LogP contribution in [0.1, 0.15) is 58.6 Å². The first-order chi connectivity index (χ1) is 17.5. The van der Waals surface area contributed by atoms with E-state index in [1.165, 1.54) is 0 Å². The van der Waals surface area contributed by atoms with Gasteiger partial charge in [-0.25, -0.2) is 4.68 Å². The lowest BCUT2D eigenvalue weighted by Crippen LogP contribution is -2.47. The standard InChI is InChI=1S/C29H33N5O2/c1-21-4-3-5-25(16-21)34-22(2)26(19-32-34)27(35)17-23-6-7-28(31-18-23)29(20-30)10-8-24(9-11-29)33-12-14-36-15-13-33/h3-7,16,18-19,24H,8-15,17H2,1-2H3. The molecule has 5 rings (SSSR count). The lowest BCUT2D eigenvalue weighted by molar-refractivity contribution is 0.00493. The zero-order chi connectivity index (χ0) is 25.1. The molecule has 0 radical (unpaired) electrons. The summed E-state index contributed by atoms with van der Waals surface area (Å²) in [4.78, 5) is 20.3. The maximum absolute atomic E-state index is 13.1. The van der Waals surface area contributed by atoms with Gasteiger partial charge in [0.25, 0.3) is 0 Å². The van der Waals surface area contributed by atoms with Gasteiger partial charge in [-0.15, -0.1) is 0 Å². The molecule has 1 aliphatic heterocycles. The molecule has 3 aromatic rings. The highest BCUT2D eigenvalue weighted by Crippen LogP contribution is 2.39. The maximum Gasteiger partial charge on any atom is 0.170 e. The van der Waals surface area contributed by atoms with Crippen molar-refractivity contribution < 1.29 is 9.53 Å². The molecule has 1 aliphatic carbocycles. The average Bonchev–Trinajstić information content (AvgIpc) is 3.31. The molecule has 3 heterocycles. The third-order valence-corrected chi connectivity index (χ3v) is 7.82. The number of hydrogen-bond donors (Lipinski definition) is 0. The second-order valence-electron chi connectivity index (χ2n) is 10.1. The van der Waals surface area contributed by atoms with E-state index in [1.807, 2.05) is 48.9 Å². The number of nitrogens with zero attached hydrogens (tertiary/aromatic N) is 5. The average molecular weight is 484 g/mol. The topological polar surface area (TPSA) is 84.0 Å². The van der Waals surface area contributed by atoms with Gasteiger partial charge in [0.15, 0.2) is 5.78 Å². The zero-order valence-electron chi connectivity index (χ0n) is 21.1. The molecule has 0 atom stereocenters. The van der Waals surface area contributed by atoms with Crippen molar-refractivity contribution in [1.82, 2.24) is 19.7 Å². The van der Waals surface area contributed by atoms with Crippen molar-refractivity contribution in [3.05, 3.63) is 76.9 Å². The largest absolute Gasteiger partial charge is 0.379 e. The van der Waals surface area contributed by atoms with Gasteiger partial charge in [-0.1, -0.05) is 18.2 Å². The number of nitriles is 1. The first kappa shape index (κ1) is 24.4. The summed E-state index contributed by atoms with van der Waals surface area (Å²) in [6, 6.07) is 15.1. The number of benzene rings is 1. The Kier molecular flexibility index (Phi) is 6.99. The minimum Gasteiger partial charge on any atom is -0.379 e. The Labute approximate surface area is 212 Å². The number of hydrogen-bond acceptors (Lipinski definition) is 6. The van der Waals surface area contributed by atoms with Crippen molar-refractivity contribution in [3.63, 3.8) is 0 Å². The van der Waals surface area contributed by atoms with Crippen molar-refractivity contribution in [1.29, 1.82) is 5.26 Å². The van der Waals surface area contributed by atoms with Gasteiger partial charge < -0.3 is 4.74 Å². The third kappa shape index (κ3) is 4.84. The van der Waals surface area contributed by atoms with Crippen LogP contribution in [0, 0.1) is 25.2 Å². The number of carbonyl (C=O) groups is 1. The van der Waals surface area contributed by atoms with Crippen molar-refractivity contribution >= 4 is 5.78 Å². The van der Waals surface area contributed by atoms with Crippen LogP contribution in [-0.2, 0) is 16.6 Å². The Morgan fingerprint density at radius 2 is 1.92 bits per heavy atom. The highest BCUT2D eigenvalue weighted by molar-refractivity contribution is 5.98. The zero-order valence-corrected chi connectivity index (χ0v) is 21.1. The smallest absolute Gasteiger partial charge is 0.170 e. The highest BCUT2D eigenvalue weighted by atomic mass is 16.5. The minimum atomic E-state index is -0.545. The van der Waals surface area contributed by atoms with Gasteiger partial charge >= 0.3 is 0 Å². The highest BCUT2D eigenvalue weighted by Gasteiger charge is 2.40. The Balaban J connectivity index is 1.25. The van der Waals surface area contributed by atoms with Gasteiger partial charge in [0.05, 0.1) is 53.5 Å². The normalized spacial score (nSPS) is 22.8. The van der Waals surface area contributed by atoms with E-state index < -0.39 is 5.41 Å². The minimum absolute atomic E-state index is 0.0157. The number of rotatable bonds is 6. The van der Waals surface area contributed by atoms with Crippen LogP contribution in [0.2, 0.25) is 0 Å². The van der Waals surface area contributed by atoms with E-state index in [4.69, 9.17) is 4.74 Å². The molecule has 1 aromatic carbocycles. The monoisotopic (exact) mass is 483 g/mol. The number of aromatic nitrogens is 3. The second kappa shape index (κ2) is 10.3. The Morgan fingerprint density at radius 1 is 1.14 bits per heavy atom. The summed E-state index contributed by atoms with van der Waals surface area (Å²) in [7, 11) is 0. The van der Waals surface area contributed by atoms with E-state index in [0.717, 1.165) is 80.2 Å². The lowest BCUT2D eigenvalue weighted by atomic mass is 9.71. The molecule has 7 heteroatoms. The lowest BCUT2D eigenvalue weighted by Gasteiger charge is -2.41. The fraction of sp³-hybridized carbons (Fsp3) is 0.448. The molecule has 186 valence electrons. The van der Waals surface area contributed by atoms with Crippen LogP contribution in [0.25, 0.3) is 5.69 Å². The van der Waals surface area contributed by atoms with Crippen LogP contribution < -0.4 is 0 Å². The van der Waals surface area contributed by atoms with E-state index in [1.54, 1.807) is 12.4 Å². The first-order valence-electron chi connectivity index (χ1n) is 12.8.